The van der Waals surface area contributed by atoms with Gasteiger partial charge in [0.15, 0.2) is 0 Å². The lowest BCUT2D eigenvalue weighted by molar-refractivity contribution is -0.117. The number of halogens is 1. The quantitative estimate of drug-likeness (QED) is 0.795. The second kappa shape index (κ2) is 8.76. The highest BCUT2D eigenvalue weighted by molar-refractivity contribution is 5.93. The normalized spacial score (nSPS) is 20.6. The fourth-order valence-electron chi connectivity index (χ4n) is 2.82. The van der Waals surface area contributed by atoms with Gasteiger partial charge in [-0.3, -0.25) is 9.59 Å². The predicted octanol–water partition coefficient (Wildman–Crippen LogP) is 2.91. The number of rotatable bonds is 4. The van der Waals surface area contributed by atoms with E-state index in [1.807, 2.05) is 6.07 Å². The Labute approximate surface area is 137 Å². The highest BCUT2D eigenvalue weighted by Crippen LogP contribution is 2.26. The van der Waals surface area contributed by atoms with Crippen molar-refractivity contribution < 1.29 is 9.59 Å². The molecule has 122 valence electrons. The van der Waals surface area contributed by atoms with E-state index in [-0.39, 0.29) is 36.2 Å². The minimum Gasteiger partial charge on any atom is -0.327 e. The molecule has 0 aliphatic heterocycles. The average Bonchev–Trinajstić information content (AvgIpc) is 2.41. The van der Waals surface area contributed by atoms with E-state index < -0.39 is 0 Å². The summed E-state index contributed by atoms with van der Waals surface area (Å²) in [5.74, 6) is 0.126. The van der Waals surface area contributed by atoms with Gasteiger partial charge in [0.1, 0.15) is 0 Å². The van der Waals surface area contributed by atoms with Gasteiger partial charge in [0.25, 0.3) is 0 Å². The first-order valence-corrected chi connectivity index (χ1v) is 7.47. The van der Waals surface area contributed by atoms with Gasteiger partial charge in [0, 0.05) is 30.8 Å². The molecular formula is C16H24ClN3O2. The molecule has 2 rings (SSSR count). The van der Waals surface area contributed by atoms with Crippen LogP contribution in [0, 0.1) is 5.92 Å². The Hall–Kier alpha value is -1.59. The van der Waals surface area contributed by atoms with Crippen LogP contribution in [0.25, 0.3) is 0 Å². The zero-order valence-electron chi connectivity index (χ0n) is 12.8. The molecule has 0 heterocycles. The number of benzene rings is 1. The molecule has 5 nitrogen and oxygen atoms in total. The maximum atomic E-state index is 12.1. The van der Waals surface area contributed by atoms with E-state index >= 15 is 0 Å². The molecule has 1 fully saturated rings. The molecule has 0 bridgehead atoms. The van der Waals surface area contributed by atoms with Crippen LogP contribution < -0.4 is 16.4 Å². The Balaban J connectivity index is 0.00000242. The van der Waals surface area contributed by atoms with Gasteiger partial charge in [-0.1, -0.05) is 18.9 Å². The number of anilines is 2. The van der Waals surface area contributed by atoms with Crippen LogP contribution in [0.4, 0.5) is 11.4 Å². The fraction of sp³-hybridized carbons (Fsp3) is 0.500. The van der Waals surface area contributed by atoms with Crippen molar-refractivity contribution in [3.63, 3.8) is 0 Å². The highest BCUT2D eigenvalue weighted by Gasteiger charge is 2.24. The molecule has 0 radical (unpaired) electrons. The monoisotopic (exact) mass is 325 g/mol. The van der Waals surface area contributed by atoms with Crippen LogP contribution in [0.1, 0.15) is 39.0 Å². The summed E-state index contributed by atoms with van der Waals surface area (Å²) in [6, 6.07) is 7.28. The van der Waals surface area contributed by atoms with Crippen molar-refractivity contribution in [3.05, 3.63) is 24.3 Å². The third-order valence-electron chi connectivity index (χ3n) is 3.88. The van der Waals surface area contributed by atoms with Crippen molar-refractivity contribution in [2.45, 2.75) is 45.1 Å². The number of amides is 2. The Morgan fingerprint density at radius 1 is 1.18 bits per heavy atom. The predicted molar refractivity (Wildman–Crippen MR) is 91.2 cm³/mol. The molecule has 1 saturated carbocycles. The van der Waals surface area contributed by atoms with Crippen LogP contribution in [0.5, 0.6) is 0 Å². The Morgan fingerprint density at radius 3 is 2.45 bits per heavy atom. The summed E-state index contributed by atoms with van der Waals surface area (Å²) in [6.45, 7) is 1.45. The molecule has 0 aromatic heterocycles. The van der Waals surface area contributed by atoms with Gasteiger partial charge in [0.05, 0.1) is 0 Å². The van der Waals surface area contributed by atoms with E-state index in [1.165, 1.54) is 6.92 Å². The smallest absolute Gasteiger partial charge is 0.224 e. The molecule has 1 aromatic carbocycles. The van der Waals surface area contributed by atoms with E-state index in [4.69, 9.17) is 5.73 Å². The number of carbonyl (C=O) groups excluding carboxylic acids is 2. The fourth-order valence-corrected chi connectivity index (χ4v) is 2.82. The van der Waals surface area contributed by atoms with Crippen LogP contribution in [0.15, 0.2) is 24.3 Å². The van der Waals surface area contributed by atoms with Crippen LogP contribution in [0.3, 0.4) is 0 Å². The molecular weight excluding hydrogens is 302 g/mol. The maximum Gasteiger partial charge on any atom is 0.224 e. The third-order valence-corrected chi connectivity index (χ3v) is 3.88. The second-order valence-electron chi connectivity index (χ2n) is 5.72. The summed E-state index contributed by atoms with van der Waals surface area (Å²) in [5, 5.41) is 5.57. The molecule has 0 spiro atoms. The molecule has 2 unspecified atom stereocenters. The lowest BCUT2D eigenvalue weighted by atomic mass is 9.83. The largest absolute Gasteiger partial charge is 0.327 e. The topological polar surface area (TPSA) is 84.2 Å². The van der Waals surface area contributed by atoms with Crippen molar-refractivity contribution in [2.24, 2.45) is 11.7 Å². The third kappa shape index (κ3) is 5.66. The number of hydrogen-bond donors (Lipinski definition) is 3. The Bertz CT molecular complexity index is 522. The van der Waals surface area contributed by atoms with Crippen molar-refractivity contribution in [2.75, 3.05) is 10.6 Å². The second-order valence-corrected chi connectivity index (χ2v) is 5.72. The number of hydrogen-bond acceptors (Lipinski definition) is 3. The first-order chi connectivity index (χ1) is 10.0. The van der Waals surface area contributed by atoms with Gasteiger partial charge in [-0.2, -0.15) is 0 Å². The van der Waals surface area contributed by atoms with E-state index in [0.717, 1.165) is 25.7 Å². The summed E-state index contributed by atoms with van der Waals surface area (Å²) in [5.41, 5.74) is 7.44. The summed E-state index contributed by atoms with van der Waals surface area (Å²) in [7, 11) is 0. The van der Waals surface area contributed by atoms with Gasteiger partial charge in [-0.15, -0.1) is 12.4 Å². The van der Waals surface area contributed by atoms with Crippen molar-refractivity contribution in [1.29, 1.82) is 0 Å². The van der Waals surface area contributed by atoms with Crippen molar-refractivity contribution in [3.8, 4) is 0 Å². The summed E-state index contributed by atoms with van der Waals surface area (Å²) < 4.78 is 0. The number of nitrogens with two attached hydrogens (primary N) is 1. The van der Waals surface area contributed by atoms with E-state index in [9.17, 15) is 9.59 Å². The molecule has 22 heavy (non-hydrogen) atoms. The van der Waals surface area contributed by atoms with E-state index in [0.29, 0.717) is 17.8 Å². The van der Waals surface area contributed by atoms with Crippen molar-refractivity contribution >= 4 is 35.6 Å². The van der Waals surface area contributed by atoms with Gasteiger partial charge in [-0.05, 0) is 37.0 Å². The SMILES string of the molecule is CC(=O)Nc1cccc(NC(=O)CC2CCCCC2N)c1.Cl. The van der Waals surface area contributed by atoms with Crippen LogP contribution in [0.2, 0.25) is 0 Å². The molecule has 0 saturated heterocycles. The van der Waals surface area contributed by atoms with Crippen molar-refractivity contribution in [1.82, 2.24) is 0 Å². The lowest BCUT2D eigenvalue weighted by Crippen LogP contribution is -2.35. The summed E-state index contributed by atoms with van der Waals surface area (Å²) in [4.78, 5) is 23.1. The van der Waals surface area contributed by atoms with E-state index in [2.05, 4.69) is 10.6 Å². The maximum absolute atomic E-state index is 12.1. The number of carbonyl (C=O) groups is 2. The zero-order valence-corrected chi connectivity index (χ0v) is 13.6. The minimum atomic E-state index is -0.133. The van der Waals surface area contributed by atoms with Gasteiger partial charge < -0.3 is 16.4 Å². The Morgan fingerprint density at radius 2 is 1.82 bits per heavy atom. The average molecular weight is 326 g/mol. The van der Waals surface area contributed by atoms with Gasteiger partial charge in [-0.25, -0.2) is 0 Å². The molecule has 4 N–H and O–H groups in total. The van der Waals surface area contributed by atoms with E-state index in [1.54, 1.807) is 18.2 Å². The van der Waals surface area contributed by atoms with Crippen LogP contribution >= 0.6 is 12.4 Å². The Kier molecular flexibility index (Phi) is 7.35. The van der Waals surface area contributed by atoms with Crippen LogP contribution in [-0.4, -0.2) is 17.9 Å². The van der Waals surface area contributed by atoms with Crippen LogP contribution in [-0.2, 0) is 9.59 Å². The molecule has 1 aliphatic carbocycles. The highest BCUT2D eigenvalue weighted by atomic mass is 35.5. The molecule has 2 amide bonds. The minimum absolute atomic E-state index is 0. The molecule has 1 aromatic rings. The standard InChI is InChI=1S/C16H23N3O2.ClH/c1-11(20)18-13-6-4-7-14(10-13)19-16(21)9-12-5-2-3-8-15(12)17;/h4,6-7,10,12,15H,2-3,5,8-9,17H2,1H3,(H,18,20)(H,19,21);1H. The zero-order chi connectivity index (χ0) is 15.2. The van der Waals surface area contributed by atoms with Gasteiger partial charge in [0.2, 0.25) is 11.8 Å². The molecule has 2 atom stereocenters. The lowest BCUT2D eigenvalue weighted by Gasteiger charge is -2.27. The first-order valence-electron chi connectivity index (χ1n) is 7.47. The molecule has 6 heteroatoms. The summed E-state index contributed by atoms with van der Waals surface area (Å²) >= 11 is 0. The van der Waals surface area contributed by atoms with Gasteiger partial charge >= 0.3 is 0 Å². The summed E-state index contributed by atoms with van der Waals surface area (Å²) in [6.07, 6.45) is 4.82. The molecule has 1 aliphatic rings. The number of nitrogens with one attached hydrogen (secondary N) is 2. The first kappa shape index (κ1) is 18.5.